The molecule has 0 atom stereocenters. The molecule has 0 saturated heterocycles. The Hall–Kier alpha value is -2.45. The van der Waals surface area contributed by atoms with Crippen LogP contribution in [0.2, 0.25) is 0 Å². The van der Waals surface area contributed by atoms with Crippen LogP contribution in [0.15, 0.2) is 24.3 Å². The molecule has 0 radical (unpaired) electrons. The van der Waals surface area contributed by atoms with Crippen molar-refractivity contribution in [2.75, 3.05) is 19.8 Å². The maximum atomic E-state index is 12.2. The summed E-state index contributed by atoms with van der Waals surface area (Å²) in [4.78, 5) is 22.6. The maximum Gasteiger partial charge on any atom is 0.422 e. The Morgan fingerprint density at radius 3 is 2.20 bits per heavy atom. The van der Waals surface area contributed by atoms with Gasteiger partial charge < -0.3 is 19.9 Å². The molecule has 1 rings (SSSR count). The van der Waals surface area contributed by atoms with E-state index in [0.717, 1.165) is 0 Å². The summed E-state index contributed by atoms with van der Waals surface area (Å²) in [6, 6.07) is 5.69. The summed E-state index contributed by atoms with van der Waals surface area (Å²) in [6.07, 6.45) is -4.26. The molecule has 0 heterocycles. The molecule has 0 aliphatic heterocycles. The van der Waals surface area contributed by atoms with Crippen molar-refractivity contribution in [2.45, 2.75) is 26.4 Å². The van der Waals surface area contributed by atoms with Crippen LogP contribution >= 0.6 is 0 Å². The Balaban J connectivity index is 2.47. The number of carbonyl (C=O) groups is 2. The van der Waals surface area contributed by atoms with E-state index in [0.29, 0.717) is 0 Å². The van der Waals surface area contributed by atoms with E-state index in [1.165, 1.54) is 38.1 Å². The predicted molar refractivity (Wildman–Crippen MR) is 82.5 cm³/mol. The van der Waals surface area contributed by atoms with Gasteiger partial charge in [0, 0.05) is 6.54 Å². The molecule has 2 N–H and O–H groups in total. The van der Waals surface area contributed by atoms with Crippen molar-refractivity contribution in [3.8, 4) is 11.5 Å². The monoisotopic (exact) mass is 363 g/mol. The van der Waals surface area contributed by atoms with E-state index in [9.17, 15) is 22.8 Å². The van der Waals surface area contributed by atoms with Crippen molar-refractivity contribution in [1.29, 1.82) is 0 Å². The fourth-order valence-corrected chi connectivity index (χ4v) is 1.66. The molecule has 0 unspecified atom stereocenters. The molecular formula is C16H20F3NO5. The van der Waals surface area contributed by atoms with Gasteiger partial charge in [0.2, 0.25) is 0 Å². The summed E-state index contributed by atoms with van der Waals surface area (Å²) < 4.78 is 46.4. The van der Waals surface area contributed by atoms with Crippen molar-refractivity contribution < 1.29 is 37.3 Å². The number of carboxylic acid groups (broad SMARTS) is 1. The van der Waals surface area contributed by atoms with Crippen LogP contribution < -0.4 is 14.8 Å². The number of rotatable bonds is 9. The number of alkyl halides is 3. The van der Waals surface area contributed by atoms with Gasteiger partial charge in [0.1, 0.15) is 0 Å². The van der Waals surface area contributed by atoms with E-state index in [1.807, 2.05) is 0 Å². The van der Waals surface area contributed by atoms with Crippen LogP contribution in [-0.4, -0.2) is 42.9 Å². The van der Waals surface area contributed by atoms with Gasteiger partial charge in [-0.1, -0.05) is 12.1 Å². The number of benzene rings is 1. The van der Waals surface area contributed by atoms with Crippen molar-refractivity contribution in [3.05, 3.63) is 24.3 Å². The van der Waals surface area contributed by atoms with E-state index < -0.39 is 36.7 Å². The molecule has 1 amide bonds. The number of nitrogens with one attached hydrogen (secondary N) is 1. The second kappa shape index (κ2) is 8.59. The fourth-order valence-electron chi connectivity index (χ4n) is 1.66. The number of amides is 1. The van der Waals surface area contributed by atoms with Gasteiger partial charge >= 0.3 is 12.1 Å². The molecule has 1 aromatic carbocycles. The lowest BCUT2D eigenvalue weighted by atomic mass is 9.90. The summed E-state index contributed by atoms with van der Waals surface area (Å²) in [5.41, 5.74) is -0.980. The molecule has 6 nitrogen and oxygen atoms in total. The largest absolute Gasteiger partial charge is 0.481 e. The summed E-state index contributed by atoms with van der Waals surface area (Å²) in [7, 11) is 0. The van der Waals surface area contributed by atoms with Crippen molar-refractivity contribution in [2.24, 2.45) is 5.41 Å². The lowest BCUT2D eigenvalue weighted by Crippen LogP contribution is -2.34. The number of hydrogen-bond donors (Lipinski definition) is 2. The molecule has 140 valence electrons. The Morgan fingerprint density at radius 2 is 1.68 bits per heavy atom. The quantitative estimate of drug-likeness (QED) is 0.705. The SMILES string of the molecule is CC(C)(CCNC(=O)COc1ccccc1OCC(F)(F)F)C(=O)O. The minimum absolute atomic E-state index is 0.00719. The molecule has 0 fully saturated rings. The first-order chi connectivity index (χ1) is 11.5. The molecule has 0 aliphatic carbocycles. The smallest absolute Gasteiger partial charge is 0.422 e. The third-order valence-electron chi connectivity index (χ3n) is 3.25. The first kappa shape index (κ1) is 20.6. The highest BCUT2D eigenvalue weighted by molar-refractivity contribution is 5.78. The molecule has 0 aromatic heterocycles. The third-order valence-corrected chi connectivity index (χ3v) is 3.25. The average molecular weight is 363 g/mol. The highest BCUT2D eigenvalue weighted by Crippen LogP contribution is 2.28. The van der Waals surface area contributed by atoms with Crippen LogP contribution in [0.4, 0.5) is 13.2 Å². The van der Waals surface area contributed by atoms with Crippen LogP contribution in [0.25, 0.3) is 0 Å². The number of hydrogen-bond acceptors (Lipinski definition) is 4. The van der Waals surface area contributed by atoms with E-state index in [4.69, 9.17) is 9.84 Å². The number of aliphatic carboxylic acids is 1. The molecule has 0 saturated carbocycles. The van der Waals surface area contributed by atoms with Gasteiger partial charge in [-0.3, -0.25) is 9.59 Å². The number of ether oxygens (including phenoxy) is 2. The summed E-state index contributed by atoms with van der Waals surface area (Å²) in [6.45, 7) is 1.30. The topological polar surface area (TPSA) is 84.9 Å². The number of para-hydroxylation sites is 2. The van der Waals surface area contributed by atoms with E-state index in [2.05, 4.69) is 10.1 Å². The third kappa shape index (κ3) is 7.77. The second-order valence-corrected chi connectivity index (χ2v) is 5.93. The Bertz CT molecular complexity index is 602. The summed E-state index contributed by atoms with van der Waals surface area (Å²) in [5, 5.41) is 11.5. The molecule has 25 heavy (non-hydrogen) atoms. The van der Waals surface area contributed by atoms with Gasteiger partial charge in [0.25, 0.3) is 5.91 Å². The van der Waals surface area contributed by atoms with Crippen molar-refractivity contribution in [3.63, 3.8) is 0 Å². The van der Waals surface area contributed by atoms with E-state index >= 15 is 0 Å². The first-order valence-electron chi connectivity index (χ1n) is 7.43. The van der Waals surface area contributed by atoms with Crippen LogP contribution in [-0.2, 0) is 9.59 Å². The number of halogens is 3. The Labute approximate surface area is 142 Å². The first-order valence-corrected chi connectivity index (χ1v) is 7.43. The van der Waals surface area contributed by atoms with Gasteiger partial charge in [0.15, 0.2) is 24.7 Å². The number of carboxylic acids is 1. The minimum atomic E-state index is -4.48. The van der Waals surface area contributed by atoms with E-state index in [-0.39, 0.29) is 24.5 Å². The van der Waals surface area contributed by atoms with Gasteiger partial charge in [-0.05, 0) is 32.4 Å². The van der Waals surface area contributed by atoms with Gasteiger partial charge in [-0.25, -0.2) is 0 Å². The average Bonchev–Trinajstić information content (AvgIpc) is 2.50. The van der Waals surface area contributed by atoms with Gasteiger partial charge in [-0.15, -0.1) is 0 Å². The second-order valence-electron chi connectivity index (χ2n) is 5.93. The highest BCUT2D eigenvalue weighted by atomic mass is 19.4. The lowest BCUT2D eigenvalue weighted by Gasteiger charge is -2.19. The zero-order valence-electron chi connectivity index (χ0n) is 13.9. The molecule has 0 bridgehead atoms. The zero-order valence-corrected chi connectivity index (χ0v) is 13.9. The minimum Gasteiger partial charge on any atom is -0.481 e. The standard InChI is InChI=1S/C16H20F3NO5/c1-15(2,14(22)23)7-8-20-13(21)9-24-11-5-3-4-6-12(11)25-10-16(17,18)19/h3-6H,7-10H2,1-2H3,(H,20,21)(H,22,23). The van der Waals surface area contributed by atoms with E-state index in [1.54, 1.807) is 0 Å². The maximum absolute atomic E-state index is 12.2. The summed E-state index contributed by atoms with van der Waals surface area (Å²) in [5.74, 6) is -1.62. The zero-order chi connectivity index (χ0) is 19.1. The van der Waals surface area contributed by atoms with Crippen LogP contribution in [0.5, 0.6) is 11.5 Å². The van der Waals surface area contributed by atoms with Gasteiger partial charge in [-0.2, -0.15) is 13.2 Å². The molecule has 1 aromatic rings. The molecule has 0 spiro atoms. The van der Waals surface area contributed by atoms with Gasteiger partial charge in [0.05, 0.1) is 5.41 Å². The molecule has 0 aliphatic rings. The highest BCUT2D eigenvalue weighted by Gasteiger charge is 2.29. The molecular weight excluding hydrogens is 343 g/mol. The lowest BCUT2D eigenvalue weighted by molar-refractivity contribution is -0.153. The molecule has 9 heteroatoms. The van der Waals surface area contributed by atoms with Crippen LogP contribution in [0, 0.1) is 5.41 Å². The Morgan fingerprint density at radius 1 is 1.12 bits per heavy atom. The summed E-state index contributed by atoms with van der Waals surface area (Å²) >= 11 is 0. The normalized spacial score (nSPS) is 11.7. The fraction of sp³-hybridized carbons (Fsp3) is 0.500. The van der Waals surface area contributed by atoms with Crippen molar-refractivity contribution >= 4 is 11.9 Å². The Kier molecular flexibility index (Phi) is 7.08. The number of carbonyl (C=O) groups excluding carboxylic acids is 1. The predicted octanol–water partition coefficient (Wildman–Crippen LogP) is 2.62. The van der Waals surface area contributed by atoms with Crippen molar-refractivity contribution in [1.82, 2.24) is 5.32 Å². The van der Waals surface area contributed by atoms with Crippen LogP contribution in [0.1, 0.15) is 20.3 Å². The van der Waals surface area contributed by atoms with Crippen LogP contribution in [0.3, 0.4) is 0 Å².